The average Bonchev–Trinajstić information content (AvgIpc) is 1.86. The van der Waals surface area contributed by atoms with E-state index in [9.17, 15) is 5.11 Å². The van der Waals surface area contributed by atoms with E-state index in [0.717, 1.165) is 19.3 Å². The van der Waals surface area contributed by atoms with Crippen molar-refractivity contribution in [3.05, 3.63) is 18.4 Å². The average molecular weight is 152 g/mol. The van der Waals surface area contributed by atoms with Gasteiger partial charge in [0.05, 0.1) is 5.60 Å². The standard InChI is InChI=1S/C10H16O/c1-3-6-10(11)7-4-5-9(2)8-10/h6,9,11H,1,4-5,7-8H2,2H3. The largest absolute Gasteiger partial charge is 0.385 e. The summed E-state index contributed by atoms with van der Waals surface area (Å²) < 4.78 is 0. The van der Waals surface area contributed by atoms with Gasteiger partial charge < -0.3 is 5.11 Å². The Bertz CT molecular complexity index is 179. The van der Waals surface area contributed by atoms with Crippen molar-refractivity contribution in [1.29, 1.82) is 0 Å². The molecule has 0 aromatic rings. The topological polar surface area (TPSA) is 20.2 Å². The number of hydrogen-bond acceptors (Lipinski definition) is 1. The van der Waals surface area contributed by atoms with Crippen molar-refractivity contribution >= 4 is 0 Å². The monoisotopic (exact) mass is 152 g/mol. The maximum Gasteiger partial charge on any atom is 0.0903 e. The third-order valence-electron chi connectivity index (χ3n) is 2.38. The van der Waals surface area contributed by atoms with Crippen molar-refractivity contribution < 1.29 is 5.11 Å². The van der Waals surface area contributed by atoms with Crippen LogP contribution in [-0.2, 0) is 0 Å². The summed E-state index contributed by atoms with van der Waals surface area (Å²) in [5.41, 5.74) is 2.08. The number of aliphatic hydroxyl groups is 1. The van der Waals surface area contributed by atoms with Gasteiger partial charge in [-0.15, -0.1) is 5.73 Å². The molecule has 1 aliphatic rings. The maximum atomic E-state index is 9.88. The lowest BCUT2D eigenvalue weighted by Gasteiger charge is -2.32. The van der Waals surface area contributed by atoms with Crippen LogP contribution in [0.1, 0.15) is 32.6 Å². The zero-order valence-corrected chi connectivity index (χ0v) is 7.14. The van der Waals surface area contributed by atoms with Gasteiger partial charge in [0.1, 0.15) is 0 Å². The van der Waals surface area contributed by atoms with Gasteiger partial charge in [0.15, 0.2) is 0 Å². The molecule has 1 N–H and O–H groups in total. The highest BCUT2D eigenvalue weighted by molar-refractivity contribution is 5.01. The van der Waals surface area contributed by atoms with Crippen molar-refractivity contribution in [1.82, 2.24) is 0 Å². The Kier molecular flexibility index (Phi) is 2.53. The molecule has 0 spiro atoms. The van der Waals surface area contributed by atoms with Gasteiger partial charge in [-0.2, -0.15) is 0 Å². The van der Waals surface area contributed by atoms with Gasteiger partial charge >= 0.3 is 0 Å². The van der Waals surface area contributed by atoms with Crippen LogP contribution in [0, 0.1) is 5.92 Å². The predicted octanol–water partition coefficient (Wildman–Crippen LogP) is 2.27. The fraction of sp³-hybridized carbons (Fsp3) is 0.700. The van der Waals surface area contributed by atoms with Gasteiger partial charge in [-0.3, -0.25) is 0 Å². The zero-order chi connectivity index (χ0) is 8.32. The van der Waals surface area contributed by atoms with E-state index in [2.05, 4.69) is 19.2 Å². The fourth-order valence-electron chi connectivity index (χ4n) is 1.89. The van der Waals surface area contributed by atoms with Crippen molar-refractivity contribution in [2.75, 3.05) is 0 Å². The Morgan fingerprint density at radius 2 is 2.45 bits per heavy atom. The van der Waals surface area contributed by atoms with Crippen LogP contribution in [0.2, 0.25) is 0 Å². The third kappa shape index (κ3) is 2.21. The maximum absolute atomic E-state index is 9.88. The molecule has 1 nitrogen and oxygen atoms in total. The van der Waals surface area contributed by atoms with E-state index < -0.39 is 5.60 Å². The summed E-state index contributed by atoms with van der Waals surface area (Å²) in [6, 6.07) is 0. The molecule has 1 rings (SSSR count). The molecule has 0 heterocycles. The molecule has 1 heteroatoms. The summed E-state index contributed by atoms with van der Waals surface area (Å²) in [7, 11) is 0. The first kappa shape index (κ1) is 8.58. The van der Waals surface area contributed by atoms with Crippen LogP contribution in [0.3, 0.4) is 0 Å². The lowest BCUT2D eigenvalue weighted by molar-refractivity contribution is 0.0321. The van der Waals surface area contributed by atoms with E-state index in [0.29, 0.717) is 5.92 Å². The molecule has 2 atom stereocenters. The molecular weight excluding hydrogens is 136 g/mol. The van der Waals surface area contributed by atoms with Crippen molar-refractivity contribution in [2.45, 2.75) is 38.2 Å². The number of rotatable bonds is 1. The van der Waals surface area contributed by atoms with Crippen molar-refractivity contribution in [3.63, 3.8) is 0 Å². The van der Waals surface area contributed by atoms with Gasteiger partial charge in [0.25, 0.3) is 0 Å². The predicted molar refractivity (Wildman–Crippen MR) is 46.3 cm³/mol. The van der Waals surface area contributed by atoms with Gasteiger partial charge in [-0.25, -0.2) is 0 Å². The highest BCUT2D eigenvalue weighted by Gasteiger charge is 2.29. The van der Waals surface area contributed by atoms with Crippen LogP contribution < -0.4 is 0 Å². The van der Waals surface area contributed by atoms with Crippen LogP contribution >= 0.6 is 0 Å². The highest BCUT2D eigenvalue weighted by atomic mass is 16.3. The van der Waals surface area contributed by atoms with Crippen molar-refractivity contribution in [3.8, 4) is 0 Å². The van der Waals surface area contributed by atoms with Crippen LogP contribution in [0.5, 0.6) is 0 Å². The number of hydrogen-bond donors (Lipinski definition) is 1. The van der Waals surface area contributed by atoms with Crippen molar-refractivity contribution in [2.24, 2.45) is 5.92 Å². The molecular formula is C10H16O. The summed E-state index contributed by atoms with van der Waals surface area (Å²) in [6.45, 7) is 5.67. The zero-order valence-electron chi connectivity index (χ0n) is 7.14. The Hall–Kier alpha value is -0.520. The second kappa shape index (κ2) is 3.25. The van der Waals surface area contributed by atoms with Crippen LogP contribution in [0.15, 0.2) is 18.4 Å². The Morgan fingerprint density at radius 3 is 3.00 bits per heavy atom. The molecule has 0 aromatic carbocycles. The van der Waals surface area contributed by atoms with E-state index in [1.807, 2.05) is 0 Å². The lowest BCUT2D eigenvalue weighted by atomic mass is 9.79. The van der Waals surface area contributed by atoms with E-state index in [-0.39, 0.29) is 0 Å². The van der Waals surface area contributed by atoms with E-state index in [1.165, 1.54) is 6.42 Å². The summed E-state index contributed by atoms with van der Waals surface area (Å²) >= 11 is 0. The van der Waals surface area contributed by atoms with Gasteiger partial charge in [0.2, 0.25) is 0 Å². The minimum absolute atomic E-state index is 0.598. The molecule has 0 aliphatic heterocycles. The smallest absolute Gasteiger partial charge is 0.0903 e. The van der Waals surface area contributed by atoms with E-state index in [1.54, 1.807) is 6.08 Å². The van der Waals surface area contributed by atoms with Gasteiger partial charge in [-0.05, 0) is 31.3 Å². The summed E-state index contributed by atoms with van der Waals surface area (Å²) in [5, 5.41) is 9.88. The van der Waals surface area contributed by atoms with Crippen LogP contribution in [0.25, 0.3) is 0 Å². The Morgan fingerprint density at radius 1 is 1.73 bits per heavy atom. The first-order valence-electron chi connectivity index (χ1n) is 4.26. The van der Waals surface area contributed by atoms with Gasteiger partial charge in [0, 0.05) is 0 Å². The molecule has 2 unspecified atom stereocenters. The lowest BCUT2D eigenvalue weighted by Crippen LogP contribution is -2.31. The molecule has 0 amide bonds. The molecule has 0 saturated heterocycles. The minimum atomic E-state index is -0.598. The molecule has 1 saturated carbocycles. The minimum Gasteiger partial charge on any atom is -0.385 e. The normalized spacial score (nSPS) is 37.8. The molecule has 62 valence electrons. The molecule has 0 radical (unpaired) electrons. The fourth-order valence-corrected chi connectivity index (χ4v) is 1.89. The Labute approximate surface area is 68.4 Å². The third-order valence-corrected chi connectivity index (χ3v) is 2.38. The SMILES string of the molecule is C=C=CC1(O)CCCC(C)C1. The van der Waals surface area contributed by atoms with Gasteiger partial charge in [-0.1, -0.05) is 19.9 Å². The first-order chi connectivity index (χ1) is 5.16. The molecule has 0 bridgehead atoms. The summed E-state index contributed by atoms with van der Waals surface area (Å²) in [6.07, 6.45) is 5.82. The summed E-state index contributed by atoms with van der Waals surface area (Å²) in [5.74, 6) is 0.637. The second-order valence-corrected chi connectivity index (χ2v) is 3.65. The first-order valence-corrected chi connectivity index (χ1v) is 4.26. The second-order valence-electron chi connectivity index (χ2n) is 3.65. The quantitative estimate of drug-likeness (QED) is 0.571. The van der Waals surface area contributed by atoms with E-state index in [4.69, 9.17) is 0 Å². The van der Waals surface area contributed by atoms with Crippen LogP contribution in [0.4, 0.5) is 0 Å². The summed E-state index contributed by atoms with van der Waals surface area (Å²) in [4.78, 5) is 0. The highest BCUT2D eigenvalue weighted by Crippen LogP contribution is 2.32. The molecule has 11 heavy (non-hydrogen) atoms. The molecule has 0 aromatic heterocycles. The van der Waals surface area contributed by atoms with E-state index >= 15 is 0 Å². The molecule has 1 fully saturated rings. The Balaban J connectivity index is 2.62. The molecule has 1 aliphatic carbocycles. The van der Waals surface area contributed by atoms with Crippen LogP contribution in [-0.4, -0.2) is 10.7 Å².